The number of nitrogens with one attached hydrogen (secondary N) is 2. The second-order valence-corrected chi connectivity index (χ2v) is 8.47. The van der Waals surface area contributed by atoms with E-state index in [0.717, 1.165) is 11.8 Å². The predicted octanol–water partition coefficient (Wildman–Crippen LogP) is 2.79. The lowest BCUT2D eigenvalue weighted by atomic mass is 10.1. The van der Waals surface area contributed by atoms with Crippen LogP contribution in [-0.4, -0.2) is 37.3 Å². The first-order valence-corrected chi connectivity index (χ1v) is 10.4. The van der Waals surface area contributed by atoms with Crippen LogP contribution in [0.25, 0.3) is 11.3 Å². The lowest BCUT2D eigenvalue weighted by molar-refractivity contribution is 0.102. The average molecular weight is 400 g/mol. The van der Waals surface area contributed by atoms with Gasteiger partial charge in [-0.05, 0) is 42.3 Å². The van der Waals surface area contributed by atoms with E-state index in [9.17, 15) is 17.6 Å². The molecule has 0 unspecified atom stereocenters. The van der Waals surface area contributed by atoms with Gasteiger partial charge in [-0.1, -0.05) is 12.1 Å². The molecule has 9 heteroatoms. The first-order chi connectivity index (χ1) is 13.3. The Labute approximate surface area is 161 Å². The Morgan fingerprint density at radius 1 is 1.21 bits per heavy atom. The number of aromatic amines is 1. The molecule has 0 aliphatic carbocycles. The minimum Gasteiger partial charge on any atom is -0.305 e. The van der Waals surface area contributed by atoms with Crippen molar-refractivity contribution >= 4 is 27.4 Å². The van der Waals surface area contributed by atoms with Crippen LogP contribution in [0.15, 0.2) is 48.5 Å². The predicted molar refractivity (Wildman–Crippen MR) is 104 cm³/mol. The SMILES string of the molecule is CS(=O)(=O)N1CCc2cc(C(=O)Nc3cc(-c4cccc(F)c4)[nH]n3)ccc21. The lowest BCUT2D eigenvalue weighted by Gasteiger charge is -2.16. The maximum Gasteiger partial charge on any atom is 0.256 e. The zero-order valence-corrected chi connectivity index (χ0v) is 15.8. The summed E-state index contributed by atoms with van der Waals surface area (Å²) in [5, 5.41) is 9.49. The standard InChI is InChI=1S/C19H17FN4O3S/c1-28(26,27)24-8-7-13-9-14(5-6-17(13)24)19(25)21-18-11-16(22-23-18)12-3-2-4-15(20)10-12/h2-6,9-11H,7-8H2,1H3,(H2,21,22,23,25). The van der Waals surface area contributed by atoms with Crippen LogP contribution in [0.1, 0.15) is 15.9 Å². The summed E-state index contributed by atoms with van der Waals surface area (Å²) in [5.41, 5.74) is 3.01. The zero-order valence-electron chi connectivity index (χ0n) is 14.9. The van der Waals surface area contributed by atoms with Crippen LogP contribution in [0, 0.1) is 5.82 Å². The van der Waals surface area contributed by atoms with E-state index in [1.54, 1.807) is 36.4 Å². The molecule has 0 spiro atoms. The van der Waals surface area contributed by atoms with E-state index >= 15 is 0 Å². The van der Waals surface area contributed by atoms with Gasteiger partial charge in [0.15, 0.2) is 5.82 Å². The molecule has 7 nitrogen and oxygen atoms in total. The summed E-state index contributed by atoms with van der Waals surface area (Å²) in [6.45, 7) is 0.371. The number of aromatic nitrogens is 2. The Bertz CT molecular complexity index is 1170. The number of rotatable bonds is 4. The highest BCUT2D eigenvalue weighted by molar-refractivity contribution is 7.92. The number of benzene rings is 2. The van der Waals surface area contributed by atoms with Crippen molar-refractivity contribution in [3.63, 3.8) is 0 Å². The number of hydrogen-bond donors (Lipinski definition) is 2. The summed E-state index contributed by atoms with van der Waals surface area (Å²) in [6.07, 6.45) is 1.71. The summed E-state index contributed by atoms with van der Waals surface area (Å²) in [4.78, 5) is 12.5. The highest BCUT2D eigenvalue weighted by Crippen LogP contribution is 2.31. The maximum atomic E-state index is 13.4. The molecule has 3 aromatic rings. The molecule has 144 valence electrons. The van der Waals surface area contributed by atoms with Gasteiger partial charge in [0, 0.05) is 23.7 Å². The molecule has 1 aromatic heterocycles. The number of anilines is 2. The largest absolute Gasteiger partial charge is 0.305 e. The Hall–Kier alpha value is -3.20. The van der Waals surface area contributed by atoms with E-state index in [1.165, 1.54) is 16.4 Å². The van der Waals surface area contributed by atoms with Crippen molar-refractivity contribution in [3.8, 4) is 11.3 Å². The van der Waals surface area contributed by atoms with Crippen molar-refractivity contribution in [1.29, 1.82) is 0 Å². The van der Waals surface area contributed by atoms with E-state index < -0.39 is 10.0 Å². The molecule has 0 bridgehead atoms. The van der Waals surface area contributed by atoms with Crippen molar-refractivity contribution in [3.05, 3.63) is 65.5 Å². The minimum atomic E-state index is -3.33. The summed E-state index contributed by atoms with van der Waals surface area (Å²) in [5.74, 6) is -0.417. The van der Waals surface area contributed by atoms with Gasteiger partial charge in [0.25, 0.3) is 5.91 Å². The van der Waals surface area contributed by atoms with Crippen LogP contribution in [0.4, 0.5) is 15.9 Å². The molecule has 0 saturated heterocycles. The van der Waals surface area contributed by atoms with Crippen molar-refractivity contribution < 1.29 is 17.6 Å². The highest BCUT2D eigenvalue weighted by atomic mass is 32.2. The smallest absolute Gasteiger partial charge is 0.256 e. The number of H-pyrrole nitrogens is 1. The van der Waals surface area contributed by atoms with E-state index in [2.05, 4.69) is 15.5 Å². The first-order valence-electron chi connectivity index (χ1n) is 8.54. The number of sulfonamides is 1. The number of halogens is 1. The zero-order chi connectivity index (χ0) is 19.9. The molecule has 0 radical (unpaired) electrons. The first kappa shape index (κ1) is 18.2. The Morgan fingerprint density at radius 2 is 2.04 bits per heavy atom. The van der Waals surface area contributed by atoms with Gasteiger partial charge in [-0.15, -0.1) is 0 Å². The molecule has 1 aliphatic rings. The number of carbonyl (C=O) groups excluding carboxylic acids is 1. The van der Waals surface area contributed by atoms with Crippen LogP contribution >= 0.6 is 0 Å². The van der Waals surface area contributed by atoms with Crippen LogP contribution < -0.4 is 9.62 Å². The molecule has 2 aromatic carbocycles. The molecule has 1 aliphatic heterocycles. The third-order valence-corrected chi connectivity index (χ3v) is 5.73. The summed E-state index contributed by atoms with van der Waals surface area (Å²) in [6, 6.07) is 12.6. The summed E-state index contributed by atoms with van der Waals surface area (Å²) < 4.78 is 38.3. The summed E-state index contributed by atoms with van der Waals surface area (Å²) in [7, 11) is -3.33. The third kappa shape index (κ3) is 3.48. The molecule has 0 saturated carbocycles. The number of amides is 1. The highest BCUT2D eigenvalue weighted by Gasteiger charge is 2.26. The van der Waals surface area contributed by atoms with Gasteiger partial charge in [-0.25, -0.2) is 12.8 Å². The summed E-state index contributed by atoms with van der Waals surface area (Å²) >= 11 is 0. The monoisotopic (exact) mass is 400 g/mol. The normalized spacial score (nSPS) is 13.4. The minimum absolute atomic E-state index is 0.308. The molecule has 4 rings (SSSR count). The van der Waals surface area contributed by atoms with Gasteiger partial charge in [0.2, 0.25) is 10.0 Å². The average Bonchev–Trinajstić information content (AvgIpc) is 3.27. The third-order valence-electron chi connectivity index (χ3n) is 4.55. The van der Waals surface area contributed by atoms with E-state index in [0.29, 0.717) is 41.3 Å². The fourth-order valence-corrected chi connectivity index (χ4v) is 4.19. The van der Waals surface area contributed by atoms with Gasteiger partial charge in [-0.2, -0.15) is 5.10 Å². The topological polar surface area (TPSA) is 95.2 Å². The van der Waals surface area contributed by atoms with Crippen LogP contribution in [0.2, 0.25) is 0 Å². The fraction of sp³-hybridized carbons (Fsp3) is 0.158. The Morgan fingerprint density at radius 3 is 2.79 bits per heavy atom. The quantitative estimate of drug-likeness (QED) is 0.704. The van der Waals surface area contributed by atoms with Gasteiger partial charge in [0.05, 0.1) is 17.6 Å². The Kier molecular flexibility index (Phi) is 4.38. The number of fused-ring (bicyclic) bond motifs is 1. The van der Waals surface area contributed by atoms with E-state index in [-0.39, 0.29) is 11.7 Å². The van der Waals surface area contributed by atoms with Crippen molar-refractivity contribution in [2.75, 3.05) is 22.4 Å². The molecule has 2 N–H and O–H groups in total. The van der Waals surface area contributed by atoms with Crippen molar-refractivity contribution in [1.82, 2.24) is 10.2 Å². The molecule has 28 heavy (non-hydrogen) atoms. The van der Waals surface area contributed by atoms with Crippen molar-refractivity contribution in [2.24, 2.45) is 0 Å². The molecule has 0 atom stereocenters. The molecular formula is C19H17FN4O3S. The van der Waals surface area contributed by atoms with E-state index in [4.69, 9.17) is 0 Å². The number of nitrogens with zero attached hydrogens (tertiary/aromatic N) is 2. The number of hydrogen-bond acceptors (Lipinski definition) is 4. The second kappa shape index (κ2) is 6.75. The lowest BCUT2D eigenvalue weighted by Crippen LogP contribution is -2.27. The van der Waals surface area contributed by atoms with E-state index in [1.807, 2.05) is 0 Å². The van der Waals surface area contributed by atoms with Gasteiger partial charge in [-0.3, -0.25) is 14.2 Å². The van der Waals surface area contributed by atoms with Crippen LogP contribution in [-0.2, 0) is 16.4 Å². The Balaban J connectivity index is 1.52. The maximum absolute atomic E-state index is 13.4. The van der Waals surface area contributed by atoms with Gasteiger partial charge >= 0.3 is 0 Å². The van der Waals surface area contributed by atoms with Gasteiger partial charge < -0.3 is 5.32 Å². The fourth-order valence-electron chi connectivity index (χ4n) is 3.24. The molecular weight excluding hydrogens is 383 g/mol. The van der Waals surface area contributed by atoms with Crippen LogP contribution in [0.5, 0.6) is 0 Å². The number of carbonyl (C=O) groups is 1. The molecule has 0 fully saturated rings. The molecule has 1 amide bonds. The molecule has 2 heterocycles. The van der Waals surface area contributed by atoms with Gasteiger partial charge in [0.1, 0.15) is 5.82 Å². The second-order valence-electron chi connectivity index (χ2n) is 6.56. The van der Waals surface area contributed by atoms with Crippen LogP contribution in [0.3, 0.4) is 0 Å². The van der Waals surface area contributed by atoms with Crippen molar-refractivity contribution in [2.45, 2.75) is 6.42 Å².